The highest BCUT2D eigenvalue weighted by molar-refractivity contribution is 7.99. The van der Waals surface area contributed by atoms with Crippen LogP contribution in [0.15, 0.2) is 47.6 Å². The highest BCUT2D eigenvalue weighted by atomic mass is 32.2. The minimum absolute atomic E-state index is 0.107. The van der Waals surface area contributed by atoms with E-state index in [0.717, 1.165) is 29.0 Å². The third-order valence-corrected chi connectivity index (χ3v) is 5.19. The van der Waals surface area contributed by atoms with Crippen molar-refractivity contribution in [3.05, 3.63) is 59.3 Å². The number of aliphatic carboxylic acids is 1. The molecule has 1 aromatic carbocycles. The van der Waals surface area contributed by atoms with Gasteiger partial charge in [-0.2, -0.15) is 13.2 Å². The number of carbonyl (C=O) groups is 2. The Morgan fingerprint density at radius 1 is 1.19 bits per heavy atom. The monoisotopic (exact) mass is 396 g/mol. The lowest BCUT2D eigenvalue weighted by atomic mass is 9.94. The van der Waals surface area contributed by atoms with Gasteiger partial charge in [-0.15, -0.1) is 0 Å². The number of pyridine rings is 1. The Kier molecular flexibility index (Phi) is 5.41. The standard InChI is InChI=1S/C18H15F3N2O3S/c19-18(20,21)13-5-6-15(22-8-13)27-10-16(24)23-9-12-4-2-1-3-11(12)7-14(23)17(25)26/h1-6,8,14H,7,9-10H2,(H,25,26). The zero-order valence-electron chi connectivity index (χ0n) is 13.9. The first-order chi connectivity index (χ1) is 12.8. The van der Waals surface area contributed by atoms with Gasteiger partial charge in [-0.25, -0.2) is 9.78 Å². The molecule has 0 bridgehead atoms. The fourth-order valence-corrected chi connectivity index (χ4v) is 3.59. The van der Waals surface area contributed by atoms with E-state index >= 15 is 0 Å². The second-order valence-corrected chi connectivity index (χ2v) is 7.02. The predicted octanol–water partition coefficient (Wildman–Crippen LogP) is 3.23. The van der Waals surface area contributed by atoms with Crippen molar-refractivity contribution in [2.24, 2.45) is 0 Å². The van der Waals surface area contributed by atoms with Crippen molar-refractivity contribution >= 4 is 23.6 Å². The van der Waals surface area contributed by atoms with Gasteiger partial charge in [-0.05, 0) is 23.3 Å². The molecule has 1 N–H and O–H groups in total. The van der Waals surface area contributed by atoms with E-state index in [-0.39, 0.29) is 23.7 Å². The molecule has 142 valence electrons. The van der Waals surface area contributed by atoms with E-state index in [1.54, 1.807) is 0 Å². The number of aromatic nitrogens is 1. The summed E-state index contributed by atoms with van der Waals surface area (Å²) in [4.78, 5) is 29.1. The largest absolute Gasteiger partial charge is 0.480 e. The summed E-state index contributed by atoms with van der Waals surface area (Å²) in [5.74, 6) is -1.59. The summed E-state index contributed by atoms with van der Waals surface area (Å²) in [5.41, 5.74) is 0.920. The zero-order valence-corrected chi connectivity index (χ0v) is 14.8. The van der Waals surface area contributed by atoms with Crippen LogP contribution < -0.4 is 0 Å². The number of carboxylic acids is 1. The van der Waals surface area contributed by atoms with Crippen LogP contribution in [0.1, 0.15) is 16.7 Å². The number of rotatable bonds is 4. The molecule has 1 atom stereocenters. The summed E-state index contributed by atoms with van der Waals surface area (Å²) in [7, 11) is 0. The maximum atomic E-state index is 12.6. The molecule has 1 aromatic heterocycles. The van der Waals surface area contributed by atoms with Gasteiger partial charge in [0.1, 0.15) is 6.04 Å². The van der Waals surface area contributed by atoms with Crippen LogP contribution in [-0.2, 0) is 28.7 Å². The van der Waals surface area contributed by atoms with E-state index in [2.05, 4.69) is 4.98 Å². The first-order valence-electron chi connectivity index (χ1n) is 8.01. The second kappa shape index (κ2) is 7.59. The first-order valence-corrected chi connectivity index (χ1v) is 8.99. The number of alkyl halides is 3. The number of fused-ring (bicyclic) bond motifs is 1. The fourth-order valence-electron chi connectivity index (χ4n) is 2.86. The minimum Gasteiger partial charge on any atom is -0.480 e. The average molecular weight is 396 g/mol. The van der Waals surface area contributed by atoms with E-state index in [4.69, 9.17) is 0 Å². The molecule has 27 heavy (non-hydrogen) atoms. The summed E-state index contributed by atoms with van der Waals surface area (Å²) in [6.07, 6.45) is -3.54. The summed E-state index contributed by atoms with van der Waals surface area (Å²) in [5, 5.41) is 9.72. The van der Waals surface area contributed by atoms with Gasteiger partial charge >= 0.3 is 12.1 Å². The quantitative estimate of drug-likeness (QED) is 0.804. The zero-order chi connectivity index (χ0) is 19.6. The Bertz CT molecular complexity index is 856. The van der Waals surface area contributed by atoms with Crippen molar-refractivity contribution in [3.8, 4) is 0 Å². The molecule has 0 fully saturated rings. The Hall–Kier alpha value is -2.55. The SMILES string of the molecule is O=C(O)C1Cc2ccccc2CN1C(=O)CSc1ccc(C(F)(F)F)cn1. The average Bonchev–Trinajstić information content (AvgIpc) is 2.64. The summed E-state index contributed by atoms with van der Waals surface area (Å²) in [6.45, 7) is 0.187. The molecule has 5 nitrogen and oxygen atoms in total. The lowest BCUT2D eigenvalue weighted by Gasteiger charge is -2.34. The molecular formula is C18H15F3N2O3S. The number of carboxylic acid groups (broad SMARTS) is 1. The number of nitrogens with zero attached hydrogens (tertiary/aromatic N) is 2. The van der Waals surface area contributed by atoms with Crippen molar-refractivity contribution in [2.75, 3.05) is 5.75 Å². The molecule has 0 saturated heterocycles. The van der Waals surface area contributed by atoms with Crippen LogP contribution >= 0.6 is 11.8 Å². The molecule has 2 heterocycles. The van der Waals surface area contributed by atoms with Gasteiger partial charge in [0.15, 0.2) is 0 Å². The van der Waals surface area contributed by atoms with Crippen LogP contribution in [0.4, 0.5) is 13.2 Å². The number of carbonyl (C=O) groups excluding carboxylic acids is 1. The van der Waals surface area contributed by atoms with Crippen LogP contribution in [0.3, 0.4) is 0 Å². The lowest BCUT2D eigenvalue weighted by molar-refractivity contribution is -0.150. The molecule has 9 heteroatoms. The number of thioether (sulfide) groups is 1. The minimum atomic E-state index is -4.47. The van der Waals surface area contributed by atoms with Crippen LogP contribution in [-0.4, -0.2) is 38.7 Å². The third kappa shape index (κ3) is 4.41. The predicted molar refractivity (Wildman–Crippen MR) is 92.1 cm³/mol. The Labute approximate surface area is 157 Å². The summed E-state index contributed by atoms with van der Waals surface area (Å²) >= 11 is 0.974. The van der Waals surface area contributed by atoms with Crippen LogP contribution in [0.5, 0.6) is 0 Å². The van der Waals surface area contributed by atoms with Crippen molar-refractivity contribution in [3.63, 3.8) is 0 Å². The van der Waals surface area contributed by atoms with Gasteiger partial charge in [0, 0.05) is 19.2 Å². The highest BCUT2D eigenvalue weighted by Gasteiger charge is 2.34. The van der Waals surface area contributed by atoms with Gasteiger partial charge in [-0.3, -0.25) is 4.79 Å². The van der Waals surface area contributed by atoms with E-state index in [9.17, 15) is 27.9 Å². The van der Waals surface area contributed by atoms with Crippen molar-refractivity contribution in [2.45, 2.75) is 30.2 Å². The van der Waals surface area contributed by atoms with E-state index < -0.39 is 29.7 Å². The number of hydrogen-bond acceptors (Lipinski definition) is 4. The van der Waals surface area contributed by atoms with E-state index in [1.165, 1.54) is 11.0 Å². The molecule has 0 saturated carbocycles. The molecular weight excluding hydrogens is 381 g/mol. The highest BCUT2D eigenvalue weighted by Crippen LogP contribution is 2.30. The summed E-state index contributed by atoms with van der Waals surface area (Å²) < 4.78 is 37.7. The Balaban J connectivity index is 1.68. The molecule has 3 rings (SSSR count). The van der Waals surface area contributed by atoms with Crippen LogP contribution in [0.2, 0.25) is 0 Å². The maximum absolute atomic E-state index is 12.6. The normalized spacial score (nSPS) is 16.7. The van der Waals surface area contributed by atoms with Crippen molar-refractivity contribution in [1.29, 1.82) is 0 Å². The summed E-state index contributed by atoms with van der Waals surface area (Å²) in [6, 6.07) is 8.46. The maximum Gasteiger partial charge on any atom is 0.417 e. The van der Waals surface area contributed by atoms with E-state index in [1.807, 2.05) is 24.3 Å². The van der Waals surface area contributed by atoms with Crippen molar-refractivity contribution < 1.29 is 27.9 Å². The van der Waals surface area contributed by atoms with E-state index in [0.29, 0.717) is 6.20 Å². The third-order valence-electron chi connectivity index (χ3n) is 4.26. The topological polar surface area (TPSA) is 70.5 Å². The molecule has 1 amide bonds. The number of hydrogen-bond donors (Lipinski definition) is 1. The van der Waals surface area contributed by atoms with Crippen LogP contribution in [0, 0.1) is 0 Å². The van der Waals surface area contributed by atoms with Gasteiger partial charge in [-0.1, -0.05) is 36.0 Å². The second-order valence-electron chi connectivity index (χ2n) is 6.02. The molecule has 1 unspecified atom stereocenters. The van der Waals surface area contributed by atoms with Gasteiger partial charge in [0.05, 0.1) is 16.3 Å². The molecule has 0 aliphatic carbocycles. The molecule has 2 aromatic rings. The lowest BCUT2D eigenvalue weighted by Crippen LogP contribution is -2.49. The smallest absolute Gasteiger partial charge is 0.417 e. The molecule has 0 radical (unpaired) electrons. The number of amides is 1. The van der Waals surface area contributed by atoms with Gasteiger partial charge in [0.2, 0.25) is 5.91 Å². The van der Waals surface area contributed by atoms with Gasteiger partial charge < -0.3 is 10.0 Å². The number of benzene rings is 1. The van der Waals surface area contributed by atoms with Crippen molar-refractivity contribution in [1.82, 2.24) is 9.88 Å². The molecule has 0 spiro atoms. The van der Waals surface area contributed by atoms with Gasteiger partial charge in [0.25, 0.3) is 0 Å². The molecule has 1 aliphatic heterocycles. The first kappa shape index (κ1) is 19.2. The molecule has 1 aliphatic rings. The fraction of sp³-hybridized carbons (Fsp3) is 0.278. The Morgan fingerprint density at radius 2 is 1.89 bits per heavy atom. The number of halogens is 3. The van der Waals surface area contributed by atoms with Crippen LogP contribution in [0.25, 0.3) is 0 Å². The Morgan fingerprint density at radius 3 is 2.48 bits per heavy atom.